The number of amides is 1. The Bertz CT molecular complexity index is 1230. The molecule has 4 aromatic rings. The van der Waals surface area contributed by atoms with Crippen molar-refractivity contribution in [2.45, 2.75) is 5.22 Å². The van der Waals surface area contributed by atoms with Crippen LogP contribution in [0.4, 0.5) is 0 Å². The number of hydrogen-bond donors (Lipinski definition) is 1. The van der Waals surface area contributed by atoms with Gasteiger partial charge in [-0.05, 0) is 29.8 Å². The molecule has 0 spiro atoms. The molecule has 0 atom stereocenters. The van der Waals surface area contributed by atoms with Gasteiger partial charge in [-0.15, -0.1) is 0 Å². The molecule has 28 heavy (non-hydrogen) atoms. The third kappa shape index (κ3) is 3.44. The summed E-state index contributed by atoms with van der Waals surface area (Å²) in [4.78, 5) is 28.2. The third-order valence-electron chi connectivity index (χ3n) is 4.30. The smallest absolute Gasteiger partial charge is 0.328 e. The lowest BCUT2D eigenvalue weighted by Gasteiger charge is -1.99. The molecule has 0 unspecified atom stereocenters. The summed E-state index contributed by atoms with van der Waals surface area (Å²) in [5, 5.41) is 4.42. The van der Waals surface area contributed by atoms with Gasteiger partial charge in [0.25, 0.3) is 11.1 Å². The number of carbonyl (C=O) groups is 1. The first-order valence-corrected chi connectivity index (χ1v) is 9.47. The molecule has 8 nitrogen and oxygen atoms in total. The first kappa shape index (κ1) is 18.1. The van der Waals surface area contributed by atoms with Crippen LogP contribution < -0.4 is 11.1 Å². The van der Waals surface area contributed by atoms with Crippen molar-refractivity contribution in [3.63, 3.8) is 0 Å². The van der Waals surface area contributed by atoms with Gasteiger partial charge in [-0.2, -0.15) is 5.10 Å². The van der Waals surface area contributed by atoms with E-state index in [1.807, 2.05) is 42.5 Å². The molecule has 0 aliphatic rings. The Morgan fingerprint density at radius 1 is 1.21 bits per heavy atom. The number of hydrogen-bond acceptors (Lipinski definition) is 6. The molecule has 2 heterocycles. The fourth-order valence-electron chi connectivity index (χ4n) is 2.86. The topological polar surface area (TPSA) is 94.4 Å². The number of nitrogens with one attached hydrogen (secondary N) is 1. The van der Waals surface area contributed by atoms with E-state index in [0.29, 0.717) is 10.8 Å². The van der Waals surface area contributed by atoms with Crippen molar-refractivity contribution in [3.8, 4) is 0 Å². The van der Waals surface area contributed by atoms with Gasteiger partial charge >= 0.3 is 5.69 Å². The van der Waals surface area contributed by atoms with Crippen LogP contribution in [0, 0.1) is 0 Å². The second-order valence-electron chi connectivity index (χ2n) is 6.18. The van der Waals surface area contributed by atoms with Gasteiger partial charge in [-0.1, -0.05) is 30.0 Å². The Balaban J connectivity index is 1.37. The van der Waals surface area contributed by atoms with Crippen LogP contribution in [0.25, 0.3) is 22.1 Å². The average Bonchev–Trinajstić information content (AvgIpc) is 3.21. The number of thioether (sulfide) groups is 1. The van der Waals surface area contributed by atoms with Gasteiger partial charge in [0.2, 0.25) is 0 Å². The first-order chi connectivity index (χ1) is 13.5. The lowest BCUT2D eigenvalue weighted by molar-refractivity contribution is -0.118. The molecule has 0 bridgehead atoms. The van der Waals surface area contributed by atoms with Crippen LogP contribution in [-0.4, -0.2) is 32.0 Å². The first-order valence-electron chi connectivity index (χ1n) is 8.48. The van der Waals surface area contributed by atoms with E-state index >= 15 is 0 Å². The van der Waals surface area contributed by atoms with E-state index in [1.54, 1.807) is 29.4 Å². The highest BCUT2D eigenvalue weighted by Crippen LogP contribution is 2.22. The zero-order chi connectivity index (χ0) is 19.7. The van der Waals surface area contributed by atoms with Crippen molar-refractivity contribution in [3.05, 3.63) is 58.5 Å². The zero-order valence-electron chi connectivity index (χ0n) is 15.2. The zero-order valence-corrected chi connectivity index (χ0v) is 16.1. The van der Waals surface area contributed by atoms with E-state index in [9.17, 15) is 9.59 Å². The quantitative estimate of drug-likeness (QED) is 0.318. The number of fused-ring (bicyclic) bond motifs is 2. The van der Waals surface area contributed by atoms with Crippen molar-refractivity contribution in [2.75, 3.05) is 5.75 Å². The predicted molar refractivity (Wildman–Crippen MR) is 109 cm³/mol. The molecular weight excluding hydrogens is 378 g/mol. The Labute approximate surface area is 163 Å². The number of aryl methyl sites for hydroxylation is 2. The lowest BCUT2D eigenvalue weighted by atomic mass is 10.2. The third-order valence-corrected chi connectivity index (χ3v) is 5.13. The Morgan fingerprint density at radius 3 is 2.82 bits per heavy atom. The molecule has 1 amide bonds. The highest BCUT2D eigenvalue weighted by atomic mass is 32.2. The molecule has 9 heteroatoms. The Hall–Kier alpha value is -3.33. The number of hydrazone groups is 1. The monoisotopic (exact) mass is 395 g/mol. The van der Waals surface area contributed by atoms with Gasteiger partial charge in [0.15, 0.2) is 5.58 Å². The minimum absolute atomic E-state index is 0.0892. The molecule has 2 aromatic carbocycles. The van der Waals surface area contributed by atoms with Gasteiger partial charge < -0.3 is 4.42 Å². The van der Waals surface area contributed by atoms with E-state index < -0.39 is 0 Å². The van der Waals surface area contributed by atoms with Crippen molar-refractivity contribution in [1.82, 2.24) is 19.5 Å². The molecule has 0 radical (unpaired) electrons. The molecule has 0 aliphatic heterocycles. The van der Waals surface area contributed by atoms with Crippen LogP contribution >= 0.6 is 11.8 Å². The highest BCUT2D eigenvalue weighted by molar-refractivity contribution is 7.99. The van der Waals surface area contributed by atoms with Crippen LogP contribution in [0.5, 0.6) is 0 Å². The molecule has 4 rings (SSSR count). The molecule has 0 saturated carbocycles. The summed E-state index contributed by atoms with van der Waals surface area (Å²) < 4.78 is 8.72. The number of carbonyl (C=O) groups excluding carboxylic acids is 1. The normalized spacial score (nSPS) is 11.6. The minimum Gasteiger partial charge on any atom is -0.431 e. The summed E-state index contributed by atoms with van der Waals surface area (Å²) in [6, 6.07) is 13.0. The van der Waals surface area contributed by atoms with Crippen molar-refractivity contribution >= 4 is 46.0 Å². The largest absolute Gasteiger partial charge is 0.431 e. The van der Waals surface area contributed by atoms with Crippen LogP contribution in [0.1, 0.15) is 5.56 Å². The summed E-state index contributed by atoms with van der Waals surface area (Å²) in [5.41, 5.74) is 6.25. The van der Waals surface area contributed by atoms with Crippen LogP contribution in [0.3, 0.4) is 0 Å². The minimum atomic E-state index is -0.267. The second kappa shape index (κ2) is 7.35. The molecule has 0 saturated heterocycles. The number of oxazole rings is 1. The maximum absolute atomic E-state index is 12.0. The standard InChI is InChI=1S/C19H17N5O3S/c1-23-14-8-7-12(9-15(14)24(2)19(23)26)10-20-22-17(25)11-28-18-21-13-5-3-4-6-16(13)27-18/h3-10H,11H2,1-2H3,(H,22,25)/b20-10-. The molecule has 0 aliphatic carbocycles. The molecule has 2 aromatic heterocycles. The van der Waals surface area contributed by atoms with Gasteiger partial charge in [-0.25, -0.2) is 15.2 Å². The second-order valence-corrected chi connectivity index (χ2v) is 7.10. The van der Waals surface area contributed by atoms with Gasteiger partial charge in [0.05, 0.1) is 23.0 Å². The Morgan fingerprint density at radius 2 is 2.00 bits per heavy atom. The maximum Gasteiger partial charge on any atom is 0.328 e. The number of benzene rings is 2. The van der Waals surface area contributed by atoms with E-state index in [-0.39, 0.29) is 17.3 Å². The molecule has 1 N–H and O–H groups in total. The number of rotatable bonds is 5. The predicted octanol–water partition coefficient (Wildman–Crippen LogP) is 2.26. The summed E-state index contributed by atoms with van der Waals surface area (Å²) in [6.45, 7) is 0. The lowest BCUT2D eigenvalue weighted by Crippen LogP contribution is -2.19. The summed E-state index contributed by atoms with van der Waals surface area (Å²) >= 11 is 1.20. The van der Waals surface area contributed by atoms with Gasteiger partial charge in [0, 0.05) is 14.1 Å². The number of aromatic nitrogens is 3. The number of nitrogens with zero attached hydrogens (tertiary/aromatic N) is 4. The van der Waals surface area contributed by atoms with Gasteiger partial charge in [-0.3, -0.25) is 13.9 Å². The van der Waals surface area contributed by atoms with E-state index in [1.165, 1.54) is 11.8 Å². The van der Waals surface area contributed by atoms with Crippen LogP contribution in [-0.2, 0) is 18.9 Å². The van der Waals surface area contributed by atoms with Crippen LogP contribution in [0.15, 0.2) is 62.0 Å². The molecule has 0 fully saturated rings. The highest BCUT2D eigenvalue weighted by Gasteiger charge is 2.09. The SMILES string of the molecule is Cn1c(=O)n(C)c2cc(/C=N\NC(=O)CSc3nc4ccccc4o3)ccc21. The Kier molecular flexibility index (Phi) is 4.74. The van der Waals surface area contributed by atoms with Gasteiger partial charge in [0.1, 0.15) is 5.52 Å². The van der Waals surface area contributed by atoms with Crippen LogP contribution in [0.2, 0.25) is 0 Å². The van der Waals surface area contributed by atoms with E-state index in [0.717, 1.165) is 22.1 Å². The number of para-hydroxylation sites is 2. The summed E-state index contributed by atoms with van der Waals surface area (Å²) in [6.07, 6.45) is 1.54. The van der Waals surface area contributed by atoms with Crippen molar-refractivity contribution in [2.24, 2.45) is 19.2 Å². The number of imidazole rings is 1. The fraction of sp³-hybridized carbons (Fsp3) is 0.158. The fourth-order valence-corrected chi connectivity index (χ4v) is 3.49. The van der Waals surface area contributed by atoms with Crippen molar-refractivity contribution < 1.29 is 9.21 Å². The van der Waals surface area contributed by atoms with E-state index in [4.69, 9.17) is 4.42 Å². The van der Waals surface area contributed by atoms with Crippen molar-refractivity contribution in [1.29, 1.82) is 0 Å². The summed E-state index contributed by atoms with van der Waals surface area (Å²) in [5.74, 6) is -0.132. The molecule has 142 valence electrons. The van der Waals surface area contributed by atoms with E-state index in [2.05, 4.69) is 15.5 Å². The average molecular weight is 395 g/mol. The summed E-state index contributed by atoms with van der Waals surface area (Å²) in [7, 11) is 3.45. The maximum atomic E-state index is 12.0. The molecular formula is C19H17N5O3S.